The van der Waals surface area contributed by atoms with E-state index in [-0.39, 0.29) is 17.9 Å². The Morgan fingerprint density at radius 1 is 1.06 bits per heavy atom. The summed E-state index contributed by atoms with van der Waals surface area (Å²) >= 11 is 0. The Labute approximate surface area is 200 Å². The molecule has 0 saturated heterocycles. The zero-order valence-electron chi connectivity index (χ0n) is 19.9. The van der Waals surface area contributed by atoms with E-state index in [0.29, 0.717) is 10.1 Å². The summed E-state index contributed by atoms with van der Waals surface area (Å²) < 4.78 is 7.16. The highest BCUT2D eigenvalue weighted by Crippen LogP contribution is 2.22. The highest BCUT2D eigenvalue weighted by molar-refractivity contribution is 5.85. The molecule has 0 aromatic heterocycles. The van der Waals surface area contributed by atoms with Crippen molar-refractivity contribution in [3.05, 3.63) is 80.0 Å². The van der Waals surface area contributed by atoms with Crippen molar-refractivity contribution in [2.45, 2.75) is 32.9 Å². The average Bonchev–Trinajstić information content (AvgIpc) is 2.84. The molecule has 1 atom stereocenters. The second-order valence-corrected chi connectivity index (χ2v) is 8.39. The SMILES string of the molecule is COC(=O)C(Cc1ccccc1)NC(=O)Cn1c(=O)nc2n(C)c3cc(C)c(C)cc3nc-2c1=O. The molecule has 2 aliphatic heterocycles. The van der Waals surface area contributed by atoms with Gasteiger partial charge >= 0.3 is 11.7 Å². The highest BCUT2D eigenvalue weighted by atomic mass is 16.5. The molecule has 4 rings (SSSR count). The molecule has 180 valence electrons. The molecule has 0 fully saturated rings. The standard InChI is InChI=1S/C25H25N5O5/c1-14-10-17-19(11-15(14)2)29(3)22-21(27-17)23(32)30(25(34)28-22)13-20(31)26-18(24(33)35-4)12-16-8-6-5-7-9-16/h5-11,18H,12-13H2,1-4H3,(H,26,31). The molecule has 10 nitrogen and oxygen atoms in total. The van der Waals surface area contributed by atoms with E-state index < -0.39 is 35.7 Å². The first-order valence-corrected chi connectivity index (χ1v) is 11.0. The highest BCUT2D eigenvalue weighted by Gasteiger charge is 2.25. The maximum absolute atomic E-state index is 13.2. The number of aromatic nitrogens is 4. The van der Waals surface area contributed by atoms with Crippen LogP contribution in [0.2, 0.25) is 0 Å². The van der Waals surface area contributed by atoms with E-state index in [2.05, 4.69) is 15.3 Å². The lowest BCUT2D eigenvalue weighted by Crippen LogP contribution is -2.48. The van der Waals surface area contributed by atoms with E-state index in [1.54, 1.807) is 11.6 Å². The monoisotopic (exact) mass is 475 g/mol. The largest absolute Gasteiger partial charge is 0.467 e. The number of methoxy groups -OCH3 is 1. The summed E-state index contributed by atoms with van der Waals surface area (Å²) in [6.07, 6.45) is 0.191. The first kappa shape index (κ1) is 23.8. The van der Waals surface area contributed by atoms with Crippen LogP contribution in [0.15, 0.2) is 52.1 Å². The number of rotatable bonds is 6. The van der Waals surface area contributed by atoms with Gasteiger partial charge in [0.2, 0.25) is 5.91 Å². The molecule has 35 heavy (non-hydrogen) atoms. The number of aryl methyl sites for hydroxylation is 3. The van der Waals surface area contributed by atoms with Crippen LogP contribution in [-0.2, 0) is 34.3 Å². The van der Waals surface area contributed by atoms with E-state index in [9.17, 15) is 19.2 Å². The maximum atomic E-state index is 13.2. The van der Waals surface area contributed by atoms with Gasteiger partial charge in [-0.2, -0.15) is 4.98 Å². The van der Waals surface area contributed by atoms with E-state index in [0.717, 1.165) is 22.2 Å². The summed E-state index contributed by atoms with van der Waals surface area (Å²) in [6.45, 7) is 3.29. The number of amides is 1. The van der Waals surface area contributed by atoms with Gasteiger partial charge in [0.15, 0.2) is 11.5 Å². The number of carbonyl (C=O) groups is 2. The molecule has 2 aromatic rings. The minimum absolute atomic E-state index is 0.0237. The van der Waals surface area contributed by atoms with Crippen molar-refractivity contribution < 1.29 is 14.3 Å². The summed E-state index contributed by atoms with van der Waals surface area (Å²) in [7, 11) is 2.92. The molecule has 0 radical (unpaired) electrons. The summed E-state index contributed by atoms with van der Waals surface area (Å²) in [6, 6.07) is 11.9. The zero-order chi connectivity index (χ0) is 25.3. The number of benzene rings is 2. The number of carbonyl (C=O) groups excluding carboxylic acids is 2. The third-order valence-corrected chi connectivity index (χ3v) is 6.00. The number of fused-ring (bicyclic) bond motifs is 2. The Balaban J connectivity index is 1.68. The van der Waals surface area contributed by atoms with Crippen LogP contribution < -0.4 is 16.6 Å². The molecule has 2 aromatic carbocycles. The quantitative estimate of drug-likeness (QED) is 0.327. The van der Waals surface area contributed by atoms with Gasteiger partial charge in [0, 0.05) is 13.5 Å². The first-order chi connectivity index (χ1) is 16.7. The topological polar surface area (TPSA) is 125 Å². The first-order valence-electron chi connectivity index (χ1n) is 11.0. The maximum Gasteiger partial charge on any atom is 0.353 e. The van der Waals surface area contributed by atoms with E-state index in [1.165, 1.54) is 7.11 Å². The summed E-state index contributed by atoms with van der Waals surface area (Å²) in [5.41, 5.74) is 2.52. The molecule has 1 N–H and O–H groups in total. The van der Waals surface area contributed by atoms with Gasteiger partial charge in [-0.25, -0.2) is 19.1 Å². The van der Waals surface area contributed by atoms with Gasteiger partial charge in [0.1, 0.15) is 12.6 Å². The van der Waals surface area contributed by atoms with Crippen molar-refractivity contribution in [3.63, 3.8) is 0 Å². The number of ether oxygens (including phenoxy) is 1. The smallest absolute Gasteiger partial charge is 0.353 e. The molecule has 1 unspecified atom stereocenters. The second kappa shape index (κ2) is 9.49. The van der Waals surface area contributed by atoms with Crippen LogP contribution in [0.1, 0.15) is 16.7 Å². The molecule has 2 heterocycles. The summed E-state index contributed by atoms with van der Waals surface area (Å²) in [4.78, 5) is 59.3. The molecule has 0 bridgehead atoms. The number of nitrogens with one attached hydrogen (secondary N) is 1. The summed E-state index contributed by atoms with van der Waals surface area (Å²) in [5, 5.41) is 2.56. The van der Waals surface area contributed by atoms with Crippen LogP contribution in [0.25, 0.3) is 22.6 Å². The third-order valence-electron chi connectivity index (χ3n) is 6.00. The molecular weight excluding hydrogens is 450 g/mol. The molecule has 10 heteroatoms. The molecule has 1 amide bonds. The number of hydrogen-bond acceptors (Lipinski definition) is 7. The Morgan fingerprint density at radius 3 is 2.43 bits per heavy atom. The molecule has 0 saturated carbocycles. The fourth-order valence-corrected chi connectivity index (χ4v) is 3.93. The lowest BCUT2D eigenvalue weighted by atomic mass is 10.1. The van der Waals surface area contributed by atoms with Gasteiger partial charge in [-0.3, -0.25) is 9.59 Å². The van der Waals surface area contributed by atoms with Crippen LogP contribution >= 0.6 is 0 Å². The minimum Gasteiger partial charge on any atom is -0.467 e. The van der Waals surface area contributed by atoms with Gasteiger partial charge in [0.05, 0.1) is 18.1 Å². The fourth-order valence-electron chi connectivity index (χ4n) is 3.93. The molecule has 0 aliphatic carbocycles. The van der Waals surface area contributed by atoms with Gasteiger partial charge in [-0.1, -0.05) is 30.3 Å². The lowest BCUT2D eigenvalue weighted by Gasteiger charge is -2.18. The van der Waals surface area contributed by atoms with E-state index in [4.69, 9.17) is 4.74 Å². The number of esters is 1. The van der Waals surface area contributed by atoms with E-state index >= 15 is 0 Å². The van der Waals surface area contributed by atoms with Crippen LogP contribution in [0.5, 0.6) is 0 Å². The van der Waals surface area contributed by atoms with Crippen LogP contribution in [-0.4, -0.2) is 44.1 Å². The average molecular weight is 476 g/mol. The predicted octanol–water partition coefficient (Wildman–Crippen LogP) is 1.11. The van der Waals surface area contributed by atoms with Gasteiger partial charge < -0.3 is 14.6 Å². The van der Waals surface area contributed by atoms with Crippen molar-refractivity contribution in [1.29, 1.82) is 0 Å². The van der Waals surface area contributed by atoms with Crippen molar-refractivity contribution in [1.82, 2.24) is 24.4 Å². The Bertz CT molecular complexity index is 1520. The van der Waals surface area contributed by atoms with Gasteiger partial charge in [-0.05, 0) is 42.7 Å². The lowest BCUT2D eigenvalue weighted by molar-refractivity contribution is -0.145. The minimum atomic E-state index is -0.986. The Kier molecular flexibility index (Phi) is 6.46. The van der Waals surface area contributed by atoms with E-state index in [1.807, 2.05) is 56.3 Å². The van der Waals surface area contributed by atoms with Crippen molar-refractivity contribution in [2.24, 2.45) is 7.05 Å². The van der Waals surface area contributed by atoms with Crippen molar-refractivity contribution in [3.8, 4) is 11.5 Å². The number of nitrogens with zero attached hydrogens (tertiary/aromatic N) is 4. The normalized spacial score (nSPS) is 12.0. The Hall–Kier alpha value is -4.34. The van der Waals surface area contributed by atoms with Crippen LogP contribution in [0.4, 0.5) is 0 Å². The van der Waals surface area contributed by atoms with Crippen molar-refractivity contribution >= 4 is 22.9 Å². The third kappa shape index (κ3) is 4.68. The fraction of sp³-hybridized carbons (Fsp3) is 0.280. The van der Waals surface area contributed by atoms with Gasteiger partial charge in [-0.15, -0.1) is 0 Å². The van der Waals surface area contributed by atoms with Crippen molar-refractivity contribution in [2.75, 3.05) is 7.11 Å². The number of hydrogen-bond donors (Lipinski definition) is 1. The molecule has 0 spiro atoms. The molecule has 2 aliphatic rings. The Morgan fingerprint density at radius 2 is 1.74 bits per heavy atom. The van der Waals surface area contributed by atoms with Crippen LogP contribution in [0.3, 0.4) is 0 Å². The summed E-state index contributed by atoms with van der Waals surface area (Å²) in [5.74, 6) is -1.21. The molecular formula is C25H25N5O5. The second-order valence-electron chi connectivity index (χ2n) is 8.39. The van der Waals surface area contributed by atoms with Crippen LogP contribution in [0, 0.1) is 13.8 Å². The zero-order valence-corrected chi connectivity index (χ0v) is 19.9. The predicted molar refractivity (Wildman–Crippen MR) is 129 cm³/mol. The van der Waals surface area contributed by atoms with Gasteiger partial charge in [0.25, 0.3) is 5.56 Å².